The number of rotatable bonds is 7. The molecule has 9 nitrogen and oxygen atoms in total. The number of aliphatic imine (C=N–C) groups is 3. The van der Waals surface area contributed by atoms with Crippen LogP contribution in [0.5, 0.6) is 5.75 Å². The zero-order valence-electron chi connectivity index (χ0n) is 24.6. The molecule has 2 aliphatic heterocycles. The summed E-state index contributed by atoms with van der Waals surface area (Å²) in [6.07, 6.45) is 5.35. The fourth-order valence-electron chi connectivity index (χ4n) is 5.76. The first-order chi connectivity index (χ1) is 21.7. The average molecular weight is 608 g/mol. The van der Waals surface area contributed by atoms with Gasteiger partial charge in [-0.25, -0.2) is 18.8 Å². The topological polar surface area (TPSA) is 118 Å². The number of allylic oxidation sites excluding steroid dienone is 1. The fraction of sp³-hybridized carbons (Fsp3) is 0.206. The van der Waals surface area contributed by atoms with E-state index in [0.717, 1.165) is 5.71 Å². The summed E-state index contributed by atoms with van der Waals surface area (Å²) < 4.78 is 41.7. The van der Waals surface area contributed by atoms with Gasteiger partial charge in [-0.1, -0.05) is 0 Å². The maximum atomic E-state index is 16.6. The second kappa shape index (κ2) is 10.6. The monoisotopic (exact) mass is 607 g/mol. The minimum Gasteiger partial charge on any atom is -0.496 e. The number of fused-ring (bicyclic) bond motifs is 2. The van der Waals surface area contributed by atoms with Crippen LogP contribution in [-0.4, -0.2) is 49.3 Å². The van der Waals surface area contributed by atoms with Crippen LogP contribution in [0.2, 0.25) is 0 Å². The highest BCUT2D eigenvalue weighted by Gasteiger charge is 2.51. The van der Waals surface area contributed by atoms with Gasteiger partial charge in [0.15, 0.2) is 5.84 Å². The molecule has 1 aliphatic carbocycles. The van der Waals surface area contributed by atoms with Crippen molar-refractivity contribution in [2.24, 2.45) is 15.0 Å². The highest BCUT2D eigenvalue weighted by Crippen LogP contribution is 2.42. The molecule has 0 spiro atoms. The number of methoxy groups -OCH3 is 1. The van der Waals surface area contributed by atoms with E-state index in [1.165, 1.54) is 38.4 Å². The van der Waals surface area contributed by atoms with Gasteiger partial charge in [-0.05, 0) is 79.4 Å². The van der Waals surface area contributed by atoms with Crippen molar-refractivity contribution in [2.75, 3.05) is 14.2 Å². The highest BCUT2D eigenvalue weighted by molar-refractivity contribution is 6.21. The maximum absolute atomic E-state index is 16.6. The van der Waals surface area contributed by atoms with Crippen molar-refractivity contribution in [3.8, 4) is 28.2 Å². The standard InChI is InChI=1S/C34H27F2N5O4/c1-17-14-26(44-3)22(31(42)41-34(11-12-34)33-39-23-10-13-38-16-24(23)40-33)15-21(17)20-8-9-25-27(29(20)36)28(32(43)37-2)30(45-25)18-4-6-19(35)7-5-18/h4-9,13-16H,10-12H2,1-3H3,(H,37,43)(H,41,42). The van der Waals surface area contributed by atoms with Gasteiger partial charge in [0.2, 0.25) is 0 Å². The maximum Gasteiger partial charge on any atom is 0.255 e. The second-order valence-corrected chi connectivity index (χ2v) is 11.1. The summed E-state index contributed by atoms with van der Waals surface area (Å²) in [5, 5.41) is 5.62. The summed E-state index contributed by atoms with van der Waals surface area (Å²) >= 11 is 0. The van der Waals surface area contributed by atoms with Gasteiger partial charge in [0.25, 0.3) is 11.8 Å². The summed E-state index contributed by atoms with van der Waals surface area (Å²) in [6, 6.07) is 11.8. The number of hydrogen-bond acceptors (Lipinski definition) is 7. The quantitative estimate of drug-likeness (QED) is 0.262. The van der Waals surface area contributed by atoms with Gasteiger partial charge in [-0.15, -0.1) is 0 Å². The van der Waals surface area contributed by atoms with Crippen molar-refractivity contribution in [1.82, 2.24) is 10.6 Å². The van der Waals surface area contributed by atoms with Crippen molar-refractivity contribution in [3.63, 3.8) is 0 Å². The van der Waals surface area contributed by atoms with Crippen LogP contribution in [0, 0.1) is 18.6 Å². The Hall–Kier alpha value is -5.45. The van der Waals surface area contributed by atoms with Crippen LogP contribution >= 0.6 is 0 Å². The first kappa shape index (κ1) is 28.3. The summed E-state index contributed by atoms with van der Waals surface area (Å²) in [4.78, 5) is 40.3. The van der Waals surface area contributed by atoms with Crippen LogP contribution in [-0.2, 0) is 0 Å². The average Bonchev–Trinajstić information content (AvgIpc) is 3.50. The summed E-state index contributed by atoms with van der Waals surface area (Å²) in [7, 11) is 2.90. The molecule has 0 atom stereocenters. The predicted octanol–water partition coefficient (Wildman–Crippen LogP) is 6.15. The van der Waals surface area contributed by atoms with Gasteiger partial charge in [-0.2, -0.15) is 0 Å². The number of nitrogens with zero attached hydrogens (tertiary/aromatic N) is 3. The van der Waals surface area contributed by atoms with Crippen molar-refractivity contribution < 1.29 is 27.5 Å². The van der Waals surface area contributed by atoms with Crippen molar-refractivity contribution in [2.45, 2.75) is 31.7 Å². The SMILES string of the molecule is CNC(=O)c1c(-c2ccc(F)cc2)oc2ccc(-c3cc(C(=O)NC4(C5=NC6=CN=CCC6=N5)CC4)c(OC)cc3C)c(F)c12. The van der Waals surface area contributed by atoms with Gasteiger partial charge in [0, 0.05) is 30.8 Å². The zero-order chi connectivity index (χ0) is 31.5. The first-order valence-corrected chi connectivity index (χ1v) is 14.4. The van der Waals surface area contributed by atoms with E-state index in [1.807, 2.05) is 0 Å². The highest BCUT2D eigenvalue weighted by atomic mass is 19.1. The molecule has 11 heteroatoms. The number of hydrogen-bond donors (Lipinski definition) is 2. The zero-order valence-corrected chi connectivity index (χ0v) is 24.6. The molecule has 0 radical (unpaired) electrons. The second-order valence-electron chi connectivity index (χ2n) is 11.1. The number of carbonyl (C=O) groups is 2. The lowest BCUT2D eigenvalue weighted by Crippen LogP contribution is -2.42. The van der Waals surface area contributed by atoms with Crippen LogP contribution in [0.1, 0.15) is 45.5 Å². The van der Waals surface area contributed by atoms with E-state index in [-0.39, 0.29) is 33.4 Å². The number of amidine groups is 1. The molecule has 3 aromatic carbocycles. The Morgan fingerprint density at radius 2 is 1.78 bits per heavy atom. The Balaban J connectivity index is 1.30. The van der Waals surface area contributed by atoms with E-state index in [0.29, 0.717) is 53.2 Å². The van der Waals surface area contributed by atoms with Crippen LogP contribution in [0.25, 0.3) is 33.4 Å². The van der Waals surface area contributed by atoms with E-state index < -0.39 is 29.0 Å². The molecule has 1 saturated carbocycles. The Morgan fingerprint density at radius 1 is 1.00 bits per heavy atom. The number of aryl methyl sites for hydroxylation is 1. The van der Waals surface area contributed by atoms with Crippen LogP contribution in [0.4, 0.5) is 8.78 Å². The van der Waals surface area contributed by atoms with Gasteiger partial charge >= 0.3 is 0 Å². The molecule has 0 bridgehead atoms. The minimum absolute atomic E-state index is 0.0155. The molecule has 1 aromatic heterocycles. The summed E-state index contributed by atoms with van der Waals surface area (Å²) in [6.45, 7) is 1.78. The lowest BCUT2D eigenvalue weighted by atomic mass is 9.94. The molecular weight excluding hydrogens is 580 g/mol. The smallest absolute Gasteiger partial charge is 0.255 e. The Labute approximate surface area is 256 Å². The number of ether oxygens (including phenoxy) is 1. The van der Waals surface area contributed by atoms with E-state index in [4.69, 9.17) is 9.15 Å². The number of nitrogens with one attached hydrogen (secondary N) is 2. The lowest BCUT2D eigenvalue weighted by molar-refractivity contribution is 0.0937. The normalized spacial score (nSPS) is 16.1. The predicted molar refractivity (Wildman–Crippen MR) is 167 cm³/mol. The molecule has 2 N–H and O–H groups in total. The number of halogens is 2. The Bertz CT molecular complexity index is 2050. The van der Waals surface area contributed by atoms with Crippen molar-refractivity contribution in [3.05, 3.63) is 88.8 Å². The summed E-state index contributed by atoms with van der Waals surface area (Å²) in [5.41, 5.74) is 2.81. The third kappa shape index (κ3) is 4.71. The molecule has 0 unspecified atom stereocenters. The van der Waals surface area contributed by atoms with Crippen LogP contribution < -0.4 is 15.4 Å². The largest absolute Gasteiger partial charge is 0.496 e. The Kier molecular flexibility index (Phi) is 6.68. The van der Waals surface area contributed by atoms with E-state index in [1.54, 1.807) is 43.6 Å². The molecule has 1 fully saturated rings. The Morgan fingerprint density at radius 3 is 2.47 bits per heavy atom. The third-order valence-electron chi connectivity index (χ3n) is 8.32. The molecule has 226 valence electrons. The molecule has 3 heterocycles. The first-order valence-electron chi connectivity index (χ1n) is 14.4. The number of benzene rings is 3. The lowest BCUT2D eigenvalue weighted by Gasteiger charge is -2.19. The molecule has 0 saturated heterocycles. The third-order valence-corrected chi connectivity index (χ3v) is 8.32. The van der Waals surface area contributed by atoms with Gasteiger partial charge in [0.1, 0.15) is 40.0 Å². The molecule has 4 aromatic rings. The van der Waals surface area contributed by atoms with Crippen molar-refractivity contribution in [1.29, 1.82) is 0 Å². The van der Waals surface area contributed by atoms with Crippen LogP contribution in [0.15, 0.2) is 79.8 Å². The van der Waals surface area contributed by atoms with E-state index in [2.05, 4.69) is 25.6 Å². The van der Waals surface area contributed by atoms with E-state index >= 15 is 4.39 Å². The molecule has 2 amide bonds. The summed E-state index contributed by atoms with van der Waals surface area (Å²) in [5.74, 6) is -1.15. The fourth-order valence-corrected chi connectivity index (χ4v) is 5.76. The van der Waals surface area contributed by atoms with Gasteiger partial charge < -0.3 is 19.8 Å². The van der Waals surface area contributed by atoms with Crippen molar-refractivity contribution >= 4 is 40.5 Å². The molecule has 3 aliphatic rings. The van der Waals surface area contributed by atoms with E-state index in [9.17, 15) is 14.0 Å². The number of amides is 2. The number of carbonyl (C=O) groups excluding carboxylic acids is 2. The number of furan rings is 1. The van der Waals surface area contributed by atoms with Gasteiger partial charge in [0.05, 0.1) is 35.5 Å². The van der Waals surface area contributed by atoms with Gasteiger partial charge in [-0.3, -0.25) is 14.6 Å². The minimum atomic E-state index is -0.710. The molecule has 7 rings (SSSR count). The van der Waals surface area contributed by atoms with Crippen LogP contribution in [0.3, 0.4) is 0 Å². The molecular formula is C34H27F2N5O4. The molecule has 45 heavy (non-hydrogen) atoms.